The Labute approximate surface area is 130 Å². The summed E-state index contributed by atoms with van der Waals surface area (Å²) in [6.07, 6.45) is 0.848. The average Bonchev–Trinajstić information content (AvgIpc) is 2.80. The molecule has 0 spiro atoms. The SMILES string of the molecule is C[C@@H](NC(=O)c1ccc2c(c1)OCCCO2)c1ccccc1. The molecule has 1 aliphatic heterocycles. The zero-order valence-corrected chi connectivity index (χ0v) is 12.5. The Hall–Kier alpha value is -2.49. The van der Waals surface area contributed by atoms with Gasteiger partial charge < -0.3 is 14.8 Å². The molecule has 0 fully saturated rings. The number of carbonyl (C=O) groups is 1. The highest BCUT2D eigenvalue weighted by atomic mass is 16.5. The Balaban J connectivity index is 1.74. The van der Waals surface area contributed by atoms with Gasteiger partial charge in [0.2, 0.25) is 0 Å². The van der Waals surface area contributed by atoms with Gasteiger partial charge in [0.15, 0.2) is 11.5 Å². The second-order valence-corrected chi connectivity index (χ2v) is 5.32. The van der Waals surface area contributed by atoms with Crippen molar-refractivity contribution in [2.75, 3.05) is 13.2 Å². The van der Waals surface area contributed by atoms with Crippen LogP contribution in [0.4, 0.5) is 0 Å². The predicted octanol–water partition coefficient (Wildman–Crippen LogP) is 3.34. The molecule has 1 N–H and O–H groups in total. The molecule has 4 heteroatoms. The van der Waals surface area contributed by atoms with Crippen LogP contribution in [0, 0.1) is 0 Å². The van der Waals surface area contributed by atoms with Gasteiger partial charge in [0, 0.05) is 12.0 Å². The standard InChI is InChI=1S/C18H19NO3/c1-13(14-6-3-2-4-7-14)19-18(20)15-8-9-16-17(12-15)22-11-5-10-21-16/h2-4,6-9,12-13H,5,10-11H2,1H3,(H,19,20)/t13-/m1/s1. The van der Waals surface area contributed by atoms with Gasteiger partial charge in [0.1, 0.15) is 0 Å². The molecular weight excluding hydrogens is 278 g/mol. The van der Waals surface area contributed by atoms with Gasteiger partial charge in [0.05, 0.1) is 19.3 Å². The molecule has 22 heavy (non-hydrogen) atoms. The highest BCUT2D eigenvalue weighted by Gasteiger charge is 2.16. The summed E-state index contributed by atoms with van der Waals surface area (Å²) in [7, 11) is 0. The highest BCUT2D eigenvalue weighted by Crippen LogP contribution is 2.30. The van der Waals surface area contributed by atoms with Gasteiger partial charge in [-0.25, -0.2) is 0 Å². The van der Waals surface area contributed by atoms with E-state index < -0.39 is 0 Å². The first kappa shape index (κ1) is 14.4. The fraction of sp³-hybridized carbons (Fsp3) is 0.278. The molecule has 0 bridgehead atoms. The van der Waals surface area contributed by atoms with E-state index in [-0.39, 0.29) is 11.9 Å². The number of amides is 1. The number of ether oxygens (including phenoxy) is 2. The Morgan fingerprint density at radius 3 is 2.55 bits per heavy atom. The summed E-state index contributed by atoms with van der Waals surface area (Å²) >= 11 is 0. The quantitative estimate of drug-likeness (QED) is 0.945. The Morgan fingerprint density at radius 2 is 1.77 bits per heavy atom. The summed E-state index contributed by atoms with van der Waals surface area (Å²) in [6, 6.07) is 15.1. The smallest absolute Gasteiger partial charge is 0.251 e. The topological polar surface area (TPSA) is 47.6 Å². The number of fused-ring (bicyclic) bond motifs is 1. The van der Waals surface area contributed by atoms with Crippen molar-refractivity contribution in [2.24, 2.45) is 0 Å². The van der Waals surface area contributed by atoms with Gasteiger partial charge in [-0.1, -0.05) is 30.3 Å². The number of carbonyl (C=O) groups excluding carboxylic acids is 1. The summed E-state index contributed by atoms with van der Waals surface area (Å²) in [5, 5.41) is 3.00. The maximum Gasteiger partial charge on any atom is 0.251 e. The summed E-state index contributed by atoms with van der Waals surface area (Å²) in [6.45, 7) is 3.22. The van der Waals surface area contributed by atoms with E-state index in [1.165, 1.54) is 0 Å². The summed E-state index contributed by atoms with van der Waals surface area (Å²) < 4.78 is 11.2. The lowest BCUT2D eigenvalue weighted by atomic mass is 10.1. The minimum atomic E-state index is -0.119. The second-order valence-electron chi connectivity index (χ2n) is 5.32. The van der Waals surface area contributed by atoms with E-state index in [4.69, 9.17) is 9.47 Å². The van der Waals surface area contributed by atoms with Gasteiger partial charge in [-0.2, -0.15) is 0 Å². The lowest BCUT2D eigenvalue weighted by Crippen LogP contribution is -2.26. The third kappa shape index (κ3) is 3.22. The van der Waals surface area contributed by atoms with Crippen LogP contribution in [0.2, 0.25) is 0 Å². The Morgan fingerprint density at radius 1 is 1.05 bits per heavy atom. The predicted molar refractivity (Wildman–Crippen MR) is 84.4 cm³/mol. The first-order chi connectivity index (χ1) is 10.7. The van der Waals surface area contributed by atoms with E-state index in [1.54, 1.807) is 18.2 Å². The zero-order valence-electron chi connectivity index (χ0n) is 12.5. The number of hydrogen-bond acceptors (Lipinski definition) is 3. The highest BCUT2D eigenvalue weighted by molar-refractivity contribution is 5.95. The van der Waals surface area contributed by atoms with E-state index in [9.17, 15) is 4.79 Å². The van der Waals surface area contributed by atoms with Crippen LogP contribution in [0.15, 0.2) is 48.5 Å². The molecule has 0 aromatic heterocycles. The fourth-order valence-corrected chi connectivity index (χ4v) is 2.41. The van der Waals surface area contributed by atoms with Gasteiger partial charge in [0.25, 0.3) is 5.91 Å². The number of rotatable bonds is 3. The molecule has 0 saturated heterocycles. The average molecular weight is 297 g/mol. The fourth-order valence-electron chi connectivity index (χ4n) is 2.41. The molecule has 2 aromatic carbocycles. The molecule has 3 rings (SSSR count). The zero-order chi connectivity index (χ0) is 15.4. The summed E-state index contributed by atoms with van der Waals surface area (Å²) in [5.41, 5.74) is 1.65. The molecular formula is C18H19NO3. The lowest BCUT2D eigenvalue weighted by Gasteiger charge is -2.15. The van der Waals surface area contributed by atoms with Crippen molar-refractivity contribution >= 4 is 5.91 Å². The lowest BCUT2D eigenvalue weighted by molar-refractivity contribution is 0.0939. The molecule has 0 unspecified atom stereocenters. The van der Waals surface area contributed by atoms with Crippen molar-refractivity contribution in [3.63, 3.8) is 0 Å². The molecule has 2 aromatic rings. The van der Waals surface area contributed by atoms with E-state index >= 15 is 0 Å². The van der Waals surface area contributed by atoms with Gasteiger partial charge in [-0.05, 0) is 30.7 Å². The van der Waals surface area contributed by atoms with Gasteiger partial charge >= 0.3 is 0 Å². The normalized spacial score (nSPS) is 14.8. The van der Waals surface area contributed by atoms with Crippen molar-refractivity contribution in [1.82, 2.24) is 5.32 Å². The molecule has 0 saturated carbocycles. The first-order valence-corrected chi connectivity index (χ1v) is 7.49. The molecule has 1 aliphatic rings. The third-order valence-electron chi connectivity index (χ3n) is 3.66. The van der Waals surface area contributed by atoms with Gasteiger partial charge in [-0.15, -0.1) is 0 Å². The van der Waals surface area contributed by atoms with Crippen LogP contribution in [-0.4, -0.2) is 19.1 Å². The van der Waals surface area contributed by atoms with Crippen LogP contribution >= 0.6 is 0 Å². The molecule has 0 aliphatic carbocycles. The monoisotopic (exact) mass is 297 g/mol. The number of nitrogens with one attached hydrogen (secondary N) is 1. The maximum absolute atomic E-state index is 12.4. The Kier molecular flexibility index (Phi) is 4.28. The minimum absolute atomic E-state index is 0.0512. The molecule has 0 radical (unpaired) electrons. The van der Waals surface area contributed by atoms with E-state index in [1.807, 2.05) is 37.3 Å². The van der Waals surface area contributed by atoms with Crippen LogP contribution in [0.1, 0.15) is 35.3 Å². The third-order valence-corrected chi connectivity index (χ3v) is 3.66. The van der Waals surface area contributed by atoms with E-state index in [0.717, 1.165) is 12.0 Å². The molecule has 1 atom stereocenters. The molecule has 4 nitrogen and oxygen atoms in total. The number of hydrogen-bond donors (Lipinski definition) is 1. The molecule has 1 heterocycles. The van der Waals surface area contributed by atoms with E-state index in [2.05, 4.69) is 5.32 Å². The number of benzene rings is 2. The van der Waals surface area contributed by atoms with Crippen LogP contribution in [0.3, 0.4) is 0 Å². The van der Waals surface area contributed by atoms with Crippen molar-refractivity contribution in [1.29, 1.82) is 0 Å². The largest absolute Gasteiger partial charge is 0.490 e. The Bertz CT molecular complexity index is 655. The van der Waals surface area contributed by atoms with Crippen LogP contribution < -0.4 is 14.8 Å². The van der Waals surface area contributed by atoms with Crippen molar-refractivity contribution < 1.29 is 14.3 Å². The summed E-state index contributed by atoms with van der Waals surface area (Å²) in [4.78, 5) is 12.4. The maximum atomic E-state index is 12.4. The van der Waals surface area contributed by atoms with Crippen LogP contribution in [-0.2, 0) is 0 Å². The van der Waals surface area contributed by atoms with Crippen LogP contribution in [0.25, 0.3) is 0 Å². The minimum Gasteiger partial charge on any atom is -0.490 e. The molecule has 1 amide bonds. The van der Waals surface area contributed by atoms with Gasteiger partial charge in [-0.3, -0.25) is 4.79 Å². The molecule has 114 valence electrons. The van der Waals surface area contributed by atoms with Crippen molar-refractivity contribution in [3.8, 4) is 11.5 Å². The second kappa shape index (κ2) is 6.52. The van der Waals surface area contributed by atoms with Crippen LogP contribution in [0.5, 0.6) is 11.5 Å². The van der Waals surface area contributed by atoms with Crippen molar-refractivity contribution in [3.05, 3.63) is 59.7 Å². The van der Waals surface area contributed by atoms with E-state index in [0.29, 0.717) is 30.3 Å². The van der Waals surface area contributed by atoms with Crippen molar-refractivity contribution in [2.45, 2.75) is 19.4 Å². The first-order valence-electron chi connectivity index (χ1n) is 7.49. The summed E-state index contributed by atoms with van der Waals surface area (Å²) in [5.74, 6) is 1.22.